The fourth-order valence-electron chi connectivity index (χ4n) is 2.46. The second-order valence-corrected chi connectivity index (χ2v) is 6.25. The predicted octanol–water partition coefficient (Wildman–Crippen LogP) is 4.49. The first-order valence-electron chi connectivity index (χ1n) is 7.57. The lowest BCUT2D eigenvalue weighted by atomic mass is 9.99. The first kappa shape index (κ1) is 15.4. The molecular formula is C19H18N2OS. The van der Waals surface area contributed by atoms with Crippen LogP contribution in [0.25, 0.3) is 0 Å². The van der Waals surface area contributed by atoms with Gasteiger partial charge in [0.05, 0.1) is 5.69 Å². The molecule has 1 heterocycles. The van der Waals surface area contributed by atoms with Crippen LogP contribution in [0.2, 0.25) is 0 Å². The van der Waals surface area contributed by atoms with Gasteiger partial charge in [0.15, 0.2) is 5.13 Å². The fraction of sp³-hybridized carbons (Fsp3) is 0.158. The molecule has 0 spiro atoms. The molecule has 4 heteroatoms. The zero-order chi connectivity index (χ0) is 16.1. The van der Waals surface area contributed by atoms with Crippen molar-refractivity contribution in [3.05, 3.63) is 82.4 Å². The minimum absolute atomic E-state index is 0.0944. The van der Waals surface area contributed by atoms with Crippen molar-refractivity contribution in [2.24, 2.45) is 0 Å². The van der Waals surface area contributed by atoms with E-state index in [1.807, 2.05) is 54.8 Å². The molecule has 0 radical (unpaired) electrons. The second-order valence-electron chi connectivity index (χ2n) is 5.39. The van der Waals surface area contributed by atoms with Gasteiger partial charge < -0.3 is 0 Å². The maximum Gasteiger partial charge on any atom is 0.257 e. The van der Waals surface area contributed by atoms with E-state index in [1.54, 1.807) is 0 Å². The number of anilines is 1. The second kappa shape index (κ2) is 7.20. The average molecular weight is 322 g/mol. The molecule has 1 amide bonds. The monoisotopic (exact) mass is 322 g/mol. The SMILES string of the molecule is Cc1csc(NC(=O)c2ccccc2CCc2ccccc2)n1. The summed E-state index contributed by atoms with van der Waals surface area (Å²) >= 11 is 1.45. The third-order valence-corrected chi connectivity index (χ3v) is 4.50. The smallest absolute Gasteiger partial charge is 0.257 e. The number of amides is 1. The zero-order valence-corrected chi connectivity index (χ0v) is 13.8. The number of carbonyl (C=O) groups is 1. The van der Waals surface area contributed by atoms with Crippen molar-refractivity contribution < 1.29 is 4.79 Å². The molecule has 1 aromatic heterocycles. The van der Waals surface area contributed by atoms with Gasteiger partial charge in [0.25, 0.3) is 5.91 Å². The summed E-state index contributed by atoms with van der Waals surface area (Å²) in [5, 5.41) is 5.46. The van der Waals surface area contributed by atoms with Gasteiger partial charge in [0.1, 0.15) is 0 Å². The maximum atomic E-state index is 12.5. The van der Waals surface area contributed by atoms with E-state index < -0.39 is 0 Å². The van der Waals surface area contributed by atoms with Crippen molar-refractivity contribution in [2.45, 2.75) is 19.8 Å². The maximum absolute atomic E-state index is 12.5. The number of nitrogens with one attached hydrogen (secondary N) is 1. The normalized spacial score (nSPS) is 10.5. The highest BCUT2D eigenvalue weighted by Gasteiger charge is 2.12. The van der Waals surface area contributed by atoms with Crippen molar-refractivity contribution in [3.8, 4) is 0 Å². The highest BCUT2D eigenvalue weighted by molar-refractivity contribution is 7.13. The van der Waals surface area contributed by atoms with Crippen LogP contribution in [0.3, 0.4) is 0 Å². The highest BCUT2D eigenvalue weighted by atomic mass is 32.1. The molecule has 0 bridgehead atoms. The number of carbonyl (C=O) groups excluding carboxylic acids is 1. The molecule has 3 nitrogen and oxygen atoms in total. The Kier molecular flexibility index (Phi) is 4.83. The van der Waals surface area contributed by atoms with E-state index >= 15 is 0 Å². The molecule has 1 N–H and O–H groups in total. The standard InChI is InChI=1S/C19H18N2OS/c1-14-13-23-19(20-14)21-18(22)17-10-6-5-9-16(17)12-11-15-7-3-2-4-8-15/h2-10,13H,11-12H2,1H3,(H,20,21,22). The number of aromatic nitrogens is 1. The van der Waals surface area contributed by atoms with Crippen molar-refractivity contribution in [1.29, 1.82) is 0 Å². The Labute approximate surface area is 140 Å². The molecule has 0 fully saturated rings. The van der Waals surface area contributed by atoms with E-state index in [2.05, 4.69) is 22.4 Å². The van der Waals surface area contributed by atoms with Crippen molar-refractivity contribution in [1.82, 2.24) is 4.98 Å². The number of rotatable bonds is 5. The van der Waals surface area contributed by atoms with Crippen molar-refractivity contribution in [3.63, 3.8) is 0 Å². The molecule has 116 valence electrons. The molecule has 0 saturated carbocycles. The summed E-state index contributed by atoms with van der Waals surface area (Å²) in [6.07, 6.45) is 1.76. The van der Waals surface area contributed by atoms with Crippen LogP contribution in [0, 0.1) is 6.92 Å². The first-order chi connectivity index (χ1) is 11.2. The minimum atomic E-state index is -0.0944. The van der Waals surface area contributed by atoms with Crippen molar-refractivity contribution in [2.75, 3.05) is 5.32 Å². The van der Waals surface area contributed by atoms with Crippen LogP contribution in [0.4, 0.5) is 5.13 Å². The summed E-state index contributed by atoms with van der Waals surface area (Å²) in [6.45, 7) is 1.92. The topological polar surface area (TPSA) is 42.0 Å². The lowest BCUT2D eigenvalue weighted by Gasteiger charge is -2.09. The Hall–Kier alpha value is -2.46. The van der Waals surface area contributed by atoms with Crippen LogP contribution in [0.1, 0.15) is 27.2 Å². The lowest BCUT2D eigenvalue weighted by Crippen LogP contribution is -2.14. The summed E-state index contributed by atoms with van der Waals surface area (Å²) in [6, 6.07) is 18.1. The number of hydrogen-bond donors (Lipinski definition) is 1. The first-order valence-corrected chi connectivity index (χ1v) is 8.45. The molecule has 0 aliphatic heterocycles. The Bertz CT molecular complexity index is 796. The van der Waals surface area contributed by atoms with Crippen LogP contribution < -0.4 is 5.32 Å². The molecule has 0 unspecified atom stereocenters. The number of nitrogens with zero attached hydrogens (tertiary/aromatic N) is 1. The molecule has 2 aromatic carbocycles. The van der Waals surface area contributed by atoms with Crippen LogP contribution >= 0.6 is 11.3 Å². The van der Waals surface area contributed by atoms with Crippen LogP contribution in [-0.4, -0.2) is 10.9 Å². The summed E-state index contributed by atoms with van der Waals surface area (Å²) in [5.41, 5.74) is 3.97. The molecule has 0 aliphatic carbocycles. The molecule has 0 atom stereocenters. The largest absolute Gasteiger partial charge is 0.298 e. The highest BCUT2D eigenvalue weighted by Crippen LogP contribution is 2.18. The van der Waals surface area contributed by atoms with Gasteiger partial charge >= 0.3 is 0 Å². The average Bonchev–Trinajstić information content (AvgIpc) is 2.99. The summed E-state index contributed by atoms with van der Waals surface area (Å²) in [7, 11) is 0. The van der Waals surface area contributed by atoms with E-state index in [0.29, 0.717) is 5.13 Å². The molecule has 3 aromatic rings. The van der Waals surface area contributed by atoms with Gasteiger partial charge in [-0.15, -0.1) is 11.3 Å². The Balaban J connectivity index is 1.73. The molecule has 0 aliphatic rings. The quantitative estimate of drug-likeness (QED) is 0.752. The molecule has 0 saturated heterocycles. The Morgan fingerprint density at radius 2 is 1.78 bits per heavy atom. The van der Waals surface area contributed by atoms with Crippen molar-refractivity contribution >= 4 is 22.4 Å². The number of hydrogen-bond acceptors (Lipinski definition) is 3. The van der Waals surface area contributed by atoms with E-state index in [-0.39, 0.29) is 5.91 Å². The predicted molar refractivity (Wildman–Crippen MR) is 95.1 cm³/mol. The van der Waals surface area contributed by atoms with Gasteiger partial charge in [-0.3, -0.25) is 10.1 Å². The van der Waals surface area contributed by atoms with E-state index in [1.165, 1.54) is 16.9 Å². The third-order valence-electron chi connectivity index (χ3n) is 3.63. The fourth-order valence-corrected chi connectivity index (χ4v) is 3.14. The Morgan fingerprint density at radius 1 is 1.04 bits per heavy atom. The number of aryl methyl sites for hydroxylation is 3. The lowest BCUT2D eigenvalue weighted by molar-refractivity contribution is 0.102. The van der Waals surface area contributed by atoms with Gasteiger partial charge in [0, 0.05) is 10.9 Å². The number of benzene rings is 2. The molecule has 23 heavy (non-hydrogen) atoms. The van der Waals surface area contributed by atoms with Gasteiger partial charge in [-0.25, -0.2) is 4.98 Å². The number of thiazole rings is 1. The van der Waals surface area contributed by atoms with E-state index in [0.717, 1.165) is 29.7 Å². The molecular weight excluding hydrogens is 304 g/mol. The van der Waals surface area contributed by atoms with Gasteiger partial charge in [-0.05, 0) is 37.0 Å². The van der Waals surface area contributed by atoms with E-state index in [9.17, 15) is 4.79 Å². The van der Waals surface area contributed by atoms with Crippen LogP contribution in [0.15, 0.2) is 60.0 Å². The summed E-state index contributed by atoms with van der Waals surface area (Å²) in [5.74, 6) is -0.0944. The van der Waals surface area contributed by atoms with Gasteiger partial charge in [-0.1, -0.05) is 48.5 Å². The minimum Gasteiger partial charge on any atom is -0.298 e. The van der Waals surface area contributed by atoms with Gasteiger partial charge in [-0.2, -0.15) is 0 Å². The Morgan fingerprint density at radius 3 is 2.52 bits per heavy atom. The third kappa shape index (κ3) is 4.05. The zero-order valence-electron chi connectivity index (χ0n) is 13.0. The summed E-state index contributed by atoms with van der Waals surface area (Å²) in [4.78, 5) is 16.8. The van der Waals surface area contributed by atoms with Gasteiger partial charge in [0.2, 0.25) is 0 Å². The molecule has 3 rings (SSSR count). The van der Waals surface area contributed by atoms with Crippen LogP contribution in [-0.2, 0) is 12.8 Å². The van der Waals surface area contributed by atoms with Crippen LogP contribution in [0.5, 0.6) is 0 Å². The summed E-state index contributed by atoms with van der Waals surface area (Å²) < 4.78 is 0. The van der Waals surface area contributed by atoms with E-state index in [4.69, 9.17) is 0 Å².